The van der Waals surface area contributed by atoms with Gasteiger partial charge in [0, 0.05) is 47.3 Å². The molecule has 278 valence electrons. The summed E-state index contributed by atoms with van der Waals surface area (Å²) < 4.78 is 0. The number of unbranched alkanes of at least 4 members (excludes halogenated alkanes) is 9. The van der Waals surface area contributed by atoms with Gasteiger partial charge in [0.1, 0.15) is 0 Å². The van der Waals surface area contributed by atoms with E-state index in [0.29, 0.717) is 12.1 Å². The Bertz CT molecular complexity index is 983. The van der Waals surface area contributed by atoms with Gasteiger partial charge >= 0.3 is 0 Å². The number of aromatic nitrogens is 3. The van der Waals surface area contributed by atoms with E-state index in [1.807, 2.05) is 0 Å². The zero-order valence-electron chi connectivity index (χ0n) is 33.5. The second-order valence-electron chi connectivity index (χ2n) is 18.2. The predicted molar refractivity (Wildman–Crippen MR) is 207 cm³/mol. The number of nitrogens with zero attached hydrogens (tertiary/aromatic N) is 5. The molecule has 3 rings (SSSR count). The summed E-state index contributed by atoms with van der Waals surface area (Å²) in [6, 6.07) is 0.500. The van der Waals surface area contributed by atoms with Crippen molar-refractivity contribution in [3.63, 3.8) is 0 Å². The molecule has 1 aromatic rings. The highest BCUT2D eigenvalue weighted by molar-refractivity contribution is 5.42. The lowest BCUT2D eigenvalue weighted by atomic mass is 9.79. The van der Waals surface area contributed by atoms with E-state index in [1.165, 1.54) is 44.9 Å². The molecule has 8 nitrogen and oxygen atoms in total. The van der Waals surface area contributed by atoms with Crippen molar-refractivity contribution in [1.82, 2.24) is 25.6 Å². The van der Waals surface area contributed by atoms with Gasteiger partial charge in [0.15, 0.2) is 5.82 Å². The fourth-order valence-corrected chi connectivity index (χ4v) is 8.95. The van der Waals surface area contributed by atoms with Crippen molar-refractivity contribution in [3.8, 4) is 0 Å². The summed E-state index contributed by atoms with van der Waals surface area (Å²) >= 11 is 0. The van der Waals surface area contributed by atoms with Crippen LogP contribution in [0.25, 0.3) is 0 Å². The summed E-state index contributed by atoms with van der Waals surface area (Å²) in [5.74, 6) is 2.45. The summed E-state index contributed by atoms with van der Waals surface area (Å²) in [4.78, 5) is 21.1. The molecule has 1 aromatic heterocycles. The second kappa shape index (κ2) is 18.1. The number of hydrogen-bond acceptors (Lipinski definition) is 8. The fraction of sp³-hybridized carbons (Fsp3) is 0.925. The molecule has 0 spiro atoms. The van der Waals surface area contributed by atoms with Crippen molar-refractivity contribution in [2.75, 3.05) is 22.9 Å². The third-order valence-corrected chi connectivity index (χ3v) is 10.6. The Balaban J connectivity index is 2.02. The van der Waals surface area contributed by atoms with Crippen molar-refractivity contribution in [2.24, 2.45) is 5.73 Å². The van der Waals surface area contributed by atoms with Crippen LogP contribution in [0.1, 0.15) is 197 Å². The zero-order valence-corrected chi connectivity index (χ0v) is 33.5. The summed E-state index contributed by atoms with van der Waals surface area (Å²) in [5, 5.41) is 7.80. The molecule has 0 saturated carbocycles. The number of hydrogen-bond donors (Lipinski definition) is 3. The molecule has 2 aliphatic rings. The van der Waals surface area contributed by atoms with E-state index in [1.54, 1.807) is 0 Å². The Hall–Kier alpha value is -1.51. The SMILES string of the molecule is CCCCCCCCCCC(N)c1nc(N(CCCC)C2CC(C)(C)NC(C)(C)C2)nc(N(CCCC)C2CC(C)(C)NC(C)(C)C2)n1. The molecule has 0 amide bonds. The zero-order chi connectivity index (χ0) is 35.6. The van der Waals surface area contributed by atoms with E-state index in [2.05, 4.69) is 96.6 Å². The minimum absolute atomic E-state index is 0.0297. The van der Waals surface area contributed by atoms with E-state index in [-0.39, 0.29) is 28.2 Å². The monoisotopic (exact) mass is 671 g/mol. The summed E-state index contributed by atoms with van der Waals surface area (Å²) in [5.41, 5.74) is 7.15. The second-order valence-corrected chi connectivity index (χ2v) is 18.2. The molecule has 0 bridgehead atoms. The first-order valence-corrected chi connectivity index (χ1v) is 20.1. The van der Waals surface area contributed by atoms with E-state index >= 15 is 0 Å². The summed E-state index contributed by atoms with van der Waals surface area (Å²) in [6.45, 7) is 27.5. The molecule has 0 aliphatic carbocycles. The van der Waals surface area contributed by atoms with Crippen LogP contribution in [0.5, 0.6) is 0 Å². The highest BCUT2D eigenvalue weighted by Gasteiger charge is 2.43. The van der Waals surface area contributed by atoms with Gasteiger partial charge in [-0.3, -0.25) is 0 Å². The summed E-state index contributed by atoms with van der Waals surface area (Å²) in [7, 11) is 0. The van der Waals surface area contributed by atoms with E-state index in [0.717, 1.165) is 95.0 Å². The van der Waals surface area contributed by atoms with Gasteiger partial charge in [-0.05, 0) is 100 Å². The molecule has 4 N–H and O–H groups in total. The molecule has 2 aliphatic heterocycles. The van der Waals surface area contributed by atoms with E-state index < -0.39 is 0 Å². The van der Waals surface area contributed by atoms with Crippen LogP contribution in [0.4, 0.5) is 11.9 Å². The topological polar surface area (TPSA) is 95.2 Å². The summed E-state index contributed by atoms with van der Waals surface area (Å²) in [6.07, 6.45) is 20.0. The molecule has 2 fully saturated rings. The number of nitrogens with two attached hydrogens (primary N) is 1. The van der Waals surface area contributed by atoms with Crippen LogP contribution in [0, 0.1) is 0 Å². The standard InChI is InChI=1S/C40H78N8/c1-12-15-18-19-20-21-22-23-24-33(41)34-42-35(47(25-16-13-2)31-27-37(4,5)45-38(6,7)28-31)44-36(43-34)48(26-17-14-3)32-29-39(8,9)46-40(10,11)30-32/h31-33,45-46H,12-30,41H2,1-11H3. The van der Waals surface area contributed by atoms with Gasteiger partial charge < -0.3 is 26.2 Å². The third-order valence-electron chi connectivity index (χ3n) is 10.6. The molecule has 8 heteroatoms. The van der Waals surface area contributed by atoms with Gasteiger partial charge in [-0.25, -0.2) is 0 Å². The average molecular weight is 671 g/mol. The van der Waals surface area contributed by atoms with Crippen LogP contribution in [-0.2, 0) is 0 Å². The van der Waals surface area contributed by atoms with E-state index in [4.69, 9.17) is 20.7 Å². The van der Waals surface area contributed by atoms with Gasteiger partial charge in [0.2, 0.25) is 11.9 Å². The van der Waals surface area contributed by atoms with Crippen LogP contribution in [0.3, 0.4) is 0 Å². The van der Waals surface area contributed by atoms with Crippen LogP contribution < -0.4 is 26.2 Å². The van der Waals surface area contributed by atoms with Crippen molar-refractivity contribution >= 4 is 11.9 Å². The van der Waals surface area contributed by atoms with E-state index in [9.17, 15) is 0 Å². The molecule has 0 radical (unpaired) electrons. The number of rotatable bonds is 20. The van der Waals surface area contributed by atoms with Crippen LogP contribution in [0.2, 0.25) is 0 Å². The van der Waals surface area contributed by atoms with Crippen LogP contribution in [0.15, 0.2) is 0 Å². The lowest BCUT2D eigenvalue weighted by molar-refractivity contribution is 0.157. The first-order valence-electron chi connectivity index (χ1n) is 20.1. The molecule has 0 aromatic carbocycles. The average Bonchev–Trinajstić information content (AvgIpc) is 2.95. The van der Waals surface area contributed by atoms with Gasteiger partial charge in [0.05, 0.1) is 6.04 Å². The maximum absolute atomic E-state index is 7.03. The molecule has 48 heavy (non-hydrogen) atoms. The quantitative estimate of drug-likeness (QED) is 0.118. The molecule has 3 heterocycles. The minimum atomic E-state index is -0.187. The van der Waals surface area contributed by atoms with Gasteiger partial charge in [-0.2, -0.15) is 15.0 Å². The highest BCUT2D eigenvalue weighted by atomic mass is 15.4. The van der Waals surface area contributed by atoms with Crippen molar-refractivity contribution < 1.29 is 0 Å². The molecular weight excluding hydrogens is 592 g/mol. The molecular formula is C40H78N8. The first-order chi connectivity index (χ1) is 22.5. The fourth-order valence-electron chi connectivity index (χ4n) is 8.95. The smallest absolute Gasteiger partial charge is 0.230 e. The predicted octanol–water partition coefficient (Wildman–Crippen LogP) is 9.23. The number of nitrogens with one attached hydrogen (secondary N) is 2. The Morgan fingerprint density at radius 1 is 0.562 bits per heavy atom. The Labute approximate surface area is 297 Å². The lowest BCUT2D eigenvalue weighted by Crippen LogP contribution is -2.63. The largest absolute Gasteiger partial charge is 0.338 e. The Kier molecular flexibility index (Phi) is 15.4. The third kappa shape index (κ3) is 13.0. The Morgan fingerprint density at radius 2 is 0.917 bits per heavy atom. The van der Waals surface area contributed by atoms with Gasteiger partial charge in [0.25, 0.3) is 0 Å². The Morgan fingerprint density at radius 3 is 1.29 bits per heavy atom. The lowest BCUT2D eigenvalue weighted by Gasteiger charge is -2.50. The minimum Gasteiger partial charge on any atom is -0.338 e. The normalized spacial score (nSPS) is 21.2. The van der Waals surface area contributed by atoms with Crippen molar-refractivity contribution in [3.05, 3.63) is 5.82 Å². The van der Waals surface area contributed by atoms with Crippen LogP contribution >= 0.6 is 0 Å². The first kappa shape index (κ1) is 40.9. The van der Waals surface area contributed by atoms with Crippen molar-refractivity contribution in [2.45, 2.75) is 226 Å². The molecule has 1 atom stereocenters. The highest BCUT2D eigenvalue weighted by Crippen LogP contribution is 2.36. The number of piperidine rings is 2. The van der Waals surface area contributed by atoms with Gasteiger partial charge in [-0.1, -0.05) is 85.0 Å². The number of anilines is 2. The maximum Gasteiger partial charge on any atom is 0.230 e. The maximum atomic E-state index is 7.03. The van der Waals surface area contributed by atoms with Crippen LogP contribution in [-0.4, -0.2) is 62.3 Å². The molecule has 1 unspecified atom stereocenters. The molecule has 2 saturated heterocycles. The van der Waals surface area contributed by atoms with Crippen molar-refractivity contribution in [1.29, 1.82) is 0 Å². The van der Waals surface area contributed by atoms with Gasteiger partial charge in [-0.15, -0.1) is 0 Å².